The molecule has 14 heteroatoms. The van der Waals surface area contributed by atoms with Gasteiger partial charge in [-0.2, -0.15) is 0 Å². The molecule has 4 heterocycles. The number of benzene rings is 2. The first-order valence-electron chi connectivity index (χ1n) is 15.6. The van der Waals surface area contributed by atoms with E-state index in [2.05, 4.69) is 42.6 Å². The van der Waals surface area contributed by atoms with Crippen LogP contribution in [0.25, 0.3) is 10.2 Å². The number of aromatic nitrogens is 4. The number of aliphatic hydroxyl groups excluding tert-OH is 1. The van der Waals surface area contributed by atoms with Gasteiger partial charge in [0.25, 0.3) is 0 Å². The highest BCUT2D eigenvalue weighted by Gasteiger charge is 2.28. The van der Waals surface area contributed by atoms with Gasteiger partial charge in [0.15, 0.2) is 39.2 Å². The second-order valence-corrected chi connectivity index (χ2v) is 13.2. The molecule has 1 aliphatic heterocycles. The summed E-state index contributed by atoms with van der Waals surface area (Å²) in [6.07, 6.45) is 3.19. The van der Waals surface area contributed by atoms with Crippen LogP contribution in [0.4, 0.5) is 26.3 Å². The lowest BCUT2D eigenvalue weighted by molar-refractivity contribution is 0.0690. The molecule has 5 aromatic rings. The van der Waals surface area contributed by atoms with Crippen molar-refractivity contribution in [3.63, 3.8) is 0 Å². The summed E-state index contributed by atoms with van der Waals surface area (Å²) in [5.74, 6) is 5.64. The quantitative estimate of drug-likeness (QED) is 0.0874. The first kappa shape index (κ1) is 33.2. The monoisotopic (exact) mass is 687 g/mol. The largest absolute Gasteiger partial charge is 0.491 e. The van der Waals surface area contributed by atoms with Crippen LogP contribution in [0.15, 0.2) is 42.5 Å². The molecular weight excluding hydrogens is 654 g/mol. The number of aryl methyl sites for hydroxylation is 1. The third kappa shape index (κ3) is 7.71. The number of aromatic carboxylic acids is 1. The molecule has 0 saturated heterocycles. The summed E-state index contributed by atoms with van der Waals surface area (Å²) < 4.78 is 21.4. The predicted molar refractivity (Wildman–Crippen MR) is 186 cm³/mol. The van der Waals surface area contributed by atoms with Crippen molar-refractivity contribution in [1.29, 1.82) is 0 Å². The molecule has 0 amide bonds. The van der Waals surface area contributed by atoms with Gasteiger partial charge >= 0.3 is 5.97 Å². The fraction of sp³-hybridized carbons (Fsp3) is 0.324. The number of rotatable bonds is 13. The van der Waals surface area contributed by atoms with Crippen LogP contribution in [0.1, 0.15) is 51.3 Å². The molecule has 2 aromatic carbocycles. The van der Waals surface area contributed by atoms with E-state index in [0.717, 1.165) is 39.3 Å². The Bertz CT molecular complexity index is 1950. The zero-order valence-electron chi connectivity index (χ0n) is 26.3. The number of anilines is 4. The van der Waals surface area contributed by atoms with Crippen LogP contribution in [-0.2, 0) is 12.8 Å². The van der Waals surface area contributed by atoms with E-state index in [1.165, 1.54) is 17.4 Å². The standard InChI is InChI=1S/C34H34FN7O4S2/c1-21-23-9-5-17-42(31(23)41-40-30(21)39-33-37-25-10-2-3-11-27(25)47-33)34-38-29(32(44)45)28(48-34)12-6-19-46-26-14-13-22(20-24(26)35)8-4-15-36-16-7-18-43/h2-3,10-11,13-14,20,36,43H,5-7,9,12,15-19H2,1H3,(H,44,45)(H,37,39,40). The van der Waals surface area contributed by atoms with Crippen LogP contribution < -0.4 is 20.3 Å². The van der Waals surface area contributed by atoms with Crippen LogP contribution >= 0.6 is 22.7 Å². The van der Waals surface area contributed by atoms with E-state index in [1.54, 1.807) is 23.5 Å². The maximum Gasteiger partial charge on any atom is 0.355 e. The molecule has 0 spiro atoms. The first-order chi connectivity index (χ1) is 23.4. The van der Waals surface area contributed by atoms with Crippen molar-refractivity contribution < 1.29 is 24.1 Å². The Morgan fingerprint density at radius 1 is 1.15 bits per heavy atom. The van der Waals surface area contributed by atoms with Crippen LogP contribution in [0.3, 0.4) is 0 Å². The molecule has 48 heavy (non-hydrogen) atoms. The van der Waals surface area contributed by atoms with Crippen molar-refractivity contribution in [2.24, 2.45) is 0 Å². The molecule has 0 bridgehead atoms. The Labute approximate surface area is 284 Å². The number of ether oxygens (including phenoxy) is 1. The number of hydrogen-bond acceptors (Lipinski definition) is 12. The number of hydrogen-bond donors (Lipinski definition) is 4. The number of halogens is 1. The Balaban J connectivity index is 1.09. The number of carboxylic acid groups (broad SMARTS) is 1. The minimum Gasteiger partial charge on any atom is -0.491 e. The van der Waals surface area contributed by atoms with Crippen molar-refractivity contribution in [1.82, 2.24) is 25.5 Å². The van der Waals surface area contributed by atoms with Gasteiger partial charge in [-0.25, -0.2) is 19.2 Å². The Morgan fingerprint density at radius 2 is 2.02 bits per heavy atom. The Kier molecular flexibility index (Phi) is 10.7. The first-order valence-corrected chi connectivity index (χ1v) is 17.3. The number of aliphatic hydroxyl groups is 1. The van der Waals surface area contributed by atoms with E-state index in [1.807, 2.05) is 36.1 Å². The van der Waals surface area contributed by atoms with Crippen molar-refractivity contribution >= 4 is 60.8 Å². The van der Waals surface area contributed by atoms with Gasteiger partial charge in [-0.3, -0.25) is 0 Å². The Morgan fingerprint density at radius 3 is 2.83 bits per heavy atom. The second kappa shape index (κ2) is 15.5. The summed E-state index contributed by atoms with van der Waals surface area (Å²) in [4.78, 5) is 23.9. The molecular formula is C34H34FN7O4S2. The van der Waals surface area contributed by atoms with Crippen LogP contribution in [0.2, 0.25) is 0 Å². The lowest BCUT2D eigenvalue weighted by Gasteiger charge is -2.28. The van der Waals surface area contributed by atoms with Crippen molar-refractivity contribution in [3.8, 4) is 17.6 Å². The highest BCUT2D eigenvalue weighted by atomic mass is 32.1. The SMILES string of the molecule is Cc1c(Nc2nc3ccccc3s2)nnc2c1CCCN2c1nc(C(=O)O)c(CCCOc2ccc(C#CCNCCCO)cc2F)s1. The van der Waals surface area contributed by atoms with Crippen molar-refractivity contribution in [2.75, 3.05) is 43.1 Å². The molecule has 248 valence electrons. The molecule has 1 aliphatic rings. The zero-order chi connectivity index (χ0) is 33.5. The predicted octanol–water partition coefficient (Wildman–Crippen LogP) is 5.85. The topological polar surface area (TPSA) is 146 Å². The van der Waals surface area contributed by atoms with Crippen LogP contribution in [-0.4, -0.2) is 69.2 Å². The number of thiazole rings is 2. The molecule has 0 fully saturated rings. The molecule has 6 rings (SSSR count). The molecule has 4 N–H and O–H groups in total. The number of carbonyl (C=O) groups is 1. The summed E-state index contributed by atoms with van der Waals surface area (Å²) in [5, 5.41) is 35.5. The van der Waals surface area contributed by atoms with Crippen molar-refractivity contribution in [2.45, 2.75) is 39.0 Å². The van der Waals surface area contributed by atoms with E-state index < -0.39 is 11.8 Å². The van der Waals surface area contributed by atoms with Gasteiger partial charge < -0.3 is 30.5 Å². The molecule has 0 atom stereocenters. The summed E-state index contributed by atoms with van der Waals surface area (Å²) in [5.41, 5.74) is 3.46. The van der Waals surface area contributed by atoms with Crippen LogP contribution in [0.5, 0.6) is 5.75 Å². The third-order valence-corrected chi connectivity index (χ3v) is 9.81. The lowest BCUT2D eigenvalue weighted by Crippen LogP contribution is -2.27. The maximum absolute atomic E-state index is 14.6. The minimum absolute atomic E-state index is 0.000820. The van der Waals surface area contributed by atoms with E-state index in [-0.39, 0.29) is 24.7 Å². The van der Waals surface area contributed by atoms with Gasteiger partial charge in [0.1, 0.15) is 0 Å². The van der Waals surface area contributed by atoms with E-state index in [4.69, 9.17) is 9.84 Å². The number of fused-ring (bicyclic) bond motifs is 2. The summed E-state index contributed by atoms with van der Waals surface area (Å²) >= 11 is 2.87. The normalized spacial score (nSPS) is 12.4. The average Bonchev–Trinajstić information content (AvgIpc) is 3.71. The van der Waals surface area contributed by atoms with E-state index in [0.29, 0.717) is 66.1 Å². The molecule has 0 unspecified atom stereocenters. The lowest BCUT2D eigenvalue weighted by atomic mass is 10.0. The number of nitrogens with one attached hydrogen (secondary N) is 2. The smallest absolute Gasteiger partial charge is 0.355 e. The number of para-hydroxylation sites is 1. The molecule has 0 saturated carbocycles. The van der Waals surface area contributed by atoms with Gasteiger partial charge in [0, 0.05) is 34.7 Å². The maximum atomic E-state index is 14.6. The summed E-state index contributed by atoms with van der Waals surface area (Å²) in [7, 11) is 0. The highest BCUT2D eigenvalue weighted by Crippen LogP contribution is 2.39. The van der Waals surface area contributed by atoms with Gasteiger partial charge in [0.2, 0.25) is 0 Å². The minimum atomic E-state index is -1.10. The van der Waals surface area contributed by atoms with E-state index >= 15 is 0 Å². The summed E-state index contributed by atoms with van der Waals surface area (Å²) in [6, 6.07) is 12.5. The van der Waals surface area contributed by atoms with Gasteiger partial charge in [-0.05, 0) is 75.9 Å². The fourth-order valence-corrected chi connectivity index (χ4v) is 7.30. The molecule has 11 nitrogen and oxygen atoms in total. The van der Waals surface area contributed by atoms with Crippen molar-refractivity contribution in [3.05, 3.63) is 75.5 Å². The summed E-state index contributed by atoms with van der Waals surface area (Å²) in [6.45, 7) is 4.07. The van der Waals surface area contributed by atoms with Gasteiger partial charge in [-0.1, -0.05) is 35.3 Å². The number of nitrogens with zero attached hydrogens (tertiary/aromatic N) is 5. The second-order valence-electron chi connectivity index (χ2n) is 11.1. The van der Waals surface area contributed by atoms with Crippen LogP contribution in [0, 0.1) is 24.6 Å². The highest BCUT2D eigenvalue weighted by molar-refractivity contribution is 7.22. The fourth-order valence-electron chi connectivity index (χ4n) is 5.31. The number of carboxylic acids is 1. The molecule has 3 aromatic heterocycles. The molecule has 0 radical (unpaired) electrons. The van der Waals surface area contributed by atoms with E-state index in [9.17, 15) is 14.3 Å². The zero-order valence-corrected chi connectivity index (χ0v) is 27.9. The van der Waals surface area contributed by atoms with Gasteiger partial charge in [-0.15, -0.1) is 21.5 Å². The molecule has 0 aliphatic carbocycles. The average molecular weight is 688 g/mol. The van der Waals surface area contributed by atoms with Gasteiger partial charge in [0.05, 0.1) is 23.4 Å². The Hall–Kier alpha value is -4.68. The third-order valence-electron chi connectivity index (χ3n) is 7.72.